The van der Waals surface area contributed by atoms with E-state index in [1.165, 1.54) is 141 Å². The van der Waals surface area contributed by atoms with E-state index >= 15 is 0 Å². The Morgan fingerprint density at radius 3 is 1.60 bits per heavy atom. The number of thioether (sulfide) groups is 1. The van der Waals surface area contributed by atoms with E-state index in [1.807, 2.05) is 6.79 Å². The van der Waals surface area contributed by atoms with Crippen molar-refractivity contribution in [3.63, 3.8) is 0 Å². The van der Waals surface area contributed by atoms with Crippen molar-refractivity contribution in [2.45, 2.75) is 265 Å². The minimum Gasteiger partial charge on any atom is -0.378 e. The summed E-state index contributed by atoms with van der Waals surface area (Å²) in [5, 5.41) is 0.278. The number of unbranched alkanes of at least 4 members (excludes halogenated alkanes) is 15. The summed E-state index contributed by atoms with van der Waals surface area (Å²) >= 11 is 1.56. The van der Waals surface area contributed by atoms with E-state index < -0.39 is 0 Å². The molecule has 0 aromatic heterocycles. The molecule has 3 atom stereocenters. The first-order chi connectivity index (χ1) is 28.4. The largest absolute Gasteiger partial charge is 0.378 e. The van der Waals surface area contributed by atoms with Crippen molar-refractivity contribution in [2.24, 2.45) is 0 Å². The van der Waals surface area contributed by atoms with Crippen LogP contribution in [-0.4, -0.2) is 92.0 Å². The van der Waals surface area contributed by atoms with E-state index in [9.17, 15) is 4.79 Å². The lowest BCUT2D eigenvalue weighted by Gasteiger charge is -2.31. The van der Waals surface area contributed by atoms with Crippen LogP contribution in [0.25, 0.3) is 0 Å². The van der Waals surface area contributed by atoms with Crippen molar-refractivity contribution in [1.29, 1.82) is 0 Å². The highest BCUT2D eigenvalue weighted by Gasteiger charge is 2.25. The van der Waals surface area contributed by atoms with Gasteiger partial charge < -0.3 is 28.8 Å². The van der Waals surface area contributed by atoms with Gasteiger partial charge >= 0.3 is 0 Å². The van der Waals surface area contributed by atoms with Crippen molar-refractivity contribution in [2.75, 3.05) is 45.9 Å². The number of hydrogen-bond donors (Lipinski definition) is 0. The van der Waals surface area contributed by atoms with Gasteiger partial charge in [-0.05, 0) is 104 Å². The summed E-state index contributed by atoms with van der Waals surface area (Å²) in [6.07, 6.45) is 38.0. The zero-order valence-electron chi connectivity index (χ0n) is 40.3. The van der Waals surface area contributed by atoms with Gasteiger partial charge in [0.15, 0.2) is 0 Å². The summed E-state index contributed by atoms with van der Waals surface area (Å²) in [7, 11) is 2.24. The fourth-order valence-electron chi connectivity index (χ4n) is 7.86. The molecule has 0 radical (unpaired) electrons. The van der Waals surface area contributed by atoms with E-state index in [0.717, 1.165) is 83.3 Å². The normalized spacial score (nSPS) is 15.2. The second-order valence-corrected chi connectivity index (χ2v) is 18.0. The lowest BCUT2D eigenvalue weighted by Crippen LogP contribution is -2.38. The lowest BCUT2D eigenvalue weighted by atomic mass is 10.0. The summed E-state index contributed by atoms with van der Waals surface area (Å²) in [5.41, 5.74) is 0. The Morgan fingerprint density at radius 1 is 0.638 bits per heavy atom. The number of likely N-dealkylation sites (tertiary alicyclic amines) is 1. The molecule has 0 N–H and O–H groups in total. The second-order valence-electron chi connectivity index (χ2n) is 16.9. The highest BCUT2D eigenvalue weighted by Crippen LogP contribution is 2.25. The maximum atomic E-state index is 13.6. The van der Waals surface area contributed by atoms with Gasteiger partial charge in [-0.15, -0.1) is 0 Å². The molecule has 0 spiro atoms. The van der Waals surface area contributed by atoms with Crippen molar-refractivity contribution in [1.82, 2.24) is 9.80 Å². The standard InChI is InChI=1S/C45H90N2O4S.C4H10.CH2O/c1-7-12-15-18-21-32-43(10-4)51-40-49-37-26-24-29-42(47(11-5)45(48)52-39-35-41-31-28-36-46(41)6)30-25-27-38-50-44(33-22-19-16-13-8-2)34-23-20-17-14-9-3;1-3-4-2;1-2/h41-44H,7-40H2,1-6H3;3-4H2,1-2H3;1H2. The minimum atomic E-state index is 0.278. The van der Waals surface area contributed by atoms with Crippen LogP contribution in [0, 0.1) is 0 Å². The molecule has 58 heavy (non-hydrogen) atoms. The Kier molecular flexibility index (Phi) is 48.5. The average Bonchev–Trinajstić information content (AvgIpc) is 3.66. The Hall–Kier alpha value is -0.670. The van der Waals surface area contributed by atoms with Crippen molar-refractivity contribution >= 4 is 23.8 Å². The highest BCUT2D eigenvalue weighted by atomic mass is 32.2. The van der Waals surface area contributed by atoms with E-state index in [1.54, 1.807) is 11.8 Å². The monoisotopic (exact) mass is 843 g/mol. The van der Waals surface area contributed by atoms with Gasteiger partial charge in [-0.3, -0.25) is 4.79 Å². The number of amides is 1. The molecular weight excluding hydrogens is 741 g/mol. The summed E-state index contributed by atoms with van der Waals surface area (Å²) in [6.45, 7) is 21.6. The number of hydrogen-bond acceptors (Lipinski definition) is 7. The number of carbonyl (C=O) groups is 2. The van der Waals surface area contributed by atoms with E-state index in [4.69, 9.17) is 19.0 Å². The molecule has 0 saturated carbocycles. The Morgan fingerprint density at radius 2 is 1.14 bits per heavy atom. The molecule has 0 aromatic rings. The molecule has 0 bridgehead atoms. The zero-order chi connectivity index (χ0) is 43.3. The van der Waals surface area contributed by atoms with Crippen molar-refractivity contribution < 1.29 is 23.8 Å². The fourth-order valence-corrected chi connectivity index (χ4v) is 8.87. The lowest BCUT2D eigenvalue weighted by molar-refractivity contribution is -0.0980. The molecule has 8 heteroatoms. The van der Waals surface area contributed by atoms with E-state index in [-0.39, 0.29) is 5.24 Å². The predicted octanol–water partition coefficient (Wildman–Crippen LogP) is 15.2. The predicted molar refractivity (Wildman–Crippen MR) is 256 cm³/mol. The van der Waals surface area contributed by atoms with Crippen LogP contribution >= 0.6 is 11.8 Å². The summed E-state index contributed by atoms with van der Waals surface area (Å²) in [5.74, 6) is 0.925. The van der Waals surface area contributed by atoms with Gasteiger partial charge in [0, 0.05) is 37.6 Å². The topological polar surface area (TPSA) is 68.3 Å². The van der Waals surface area contributed by atoms with Gasteiger partial charge in [-0.1, -0.05) is 162 Å². The van der Waals surface area contributed by atoms with Gasteiger partial charge in [0.1, 0.15) is 13.6 Å². The summed E-state index contributed by atoms with van der Waals surface area (Å²) in [4.78, 5) is 26.2. The maximum Gasteiger partial charge on any atom is 0.281 e. The number of carbonyl (C=O) groups excluding carboxylic acids is 2. The summed E-state index contributed by atoms with van der Waals surface area (Å²) < 4.78 is 18.6. The van der Waals surface area contributed by atoms with Crippen LogP contribution in [-0.2, 0) is 19.0 Å². The zero-order valence-corrected chi connectivity index (χ0v) is 41.1. The molecule has 1 aliphatic heterocycles. The third-order valence-corrected chi connectivity index (χ3v) is 12.9. The van der Waals surface area contributed by atoms with Crippen molar-refractivity contribution in [3.8, 4) is 0 Å². The average molecular weight is 843 g/mol. The van der Waals surface area contributed by atoms with Crippen LogP contribution in [0.15, 0.2) is 0 Å². The van der Waals surface area contributed by atoms with Crippen LogP contribution in [0.2, 0.25) is 0 Å². The van der Waals surface area contributed by atoms with Crippen LogP contribution in [0.3, 0.4) is 0 Å². The molecular formula is C50H102N2O5S. The molecule has 348 valence electrons. The second kappa shape index (κ2) is 47.4. The molecule has 1 rings (SSSR count). The first kappa shape index (κ1) is 59.4. The van der Waals surface area contributed by atoms with Gasteiger partial charge in [0.2, 0.25) is 0 Å². The van der Waals surface area contributed by atoms with Crippen LogP contribution < -0.4 is 0 Å². The van der Waals surface area contributed by atoms with Gasteiger partial charge in [0.05, 0.1) is 12.2 Å². The first-order valence-electron chi connectivity index (χ1n) is 25.1. The van der Waals surface area contributed by atoms with Crippen LogP contribution in [0.4, 0.5) is 4.79 Å². The van der Waals surface area contributed by atoms with Crippen LogP contribution in [0.5, 0.6) is 0 Å². The van der Waals surface area contributed by atoms with Gasteiger partial charge in [-0.25, -0.2) is 0 Å². The number of rotatable bonds is 39. The third kappa shape index (κ3) is 36.0. The molecule has 1 fully saturated rings. The smallest absolute Gasteiger partial charge is 0.281 e. The highest BCUT2D eigenvalue weighted by molar-refractivity contribution is 8.13. The SMILES string of the molecule is C=O.CCCC.CCCCCCCC(CC)OCOCCCCC(CCCCOC(CCCCCCC)CCCCCCC)N(CC)C(=O)SCCC1CCCN1C. The quantitative estimate of drug-likeness (QED) is 0.0451. The number of nitrogens with zero attached hydrogens (tertiary/aromatic N) is 2. The minimum absolute atomic E-state index is 0.278. The Balaban J connectivity index is 0. The third-order valence-electron chi connectivity index (χ3n) is 12.0. The molecule has 1 aliphatic rings. The molecule has 0 aliphatic carbocycles. The van der Waals surface area contributed by atoms with Gasteiger partial charge in [-0.2, -0.15) is 0 Å². The van der Waals surface area contributed by atoms with E-state index in [2.05, 4.69) is 65.3 Å². The first-order valence-corrected chi connectivity index (χ1v) is 26.1. The molecule has 7 nitrogen and oxygen atoms in total. The molecule has 0 aromatic carbocycles. The molecule has 3 unspecified atom stereocenters. The van der Waals surface area contributed by atoms with Gasteiger partial charge in [0.25, 0.3) is 5.24 Å². The van der Waals surface area contributed by atoms with Crippen molar-refractivity contribution in [3.05, 3.63) is 0 Å². The number of ether oxygens (including phenoxy) is 3. The Labute approximate surface area is 367 Å². The van der Waals surface area contributed by atoms with E-state index in [0.29, 0.717) is 31.1 Å². The maximum absolute atomic E-state index is 13.6. The molecule has 1 saturated heterocycles. The molecule has 1 amide bonds. The fraction of sp³-hybridized carbons (Fsp3) is 0.960. The Bertz CT molecular complexity index is 807. The summed E-state index contributed by atoms with van der Waals surface area (Å²) in [6, 6.07) is 0.936. The molecule has 1 heterocycles. The van der Waals surface area contributed by atoms with Crippen LogP contribution in [0.1, 0.15) is 241 Å².